The first-order valence-electron chi connectivity index (χ1n) is 8.06. The minimum absolute atomic E-state index is 0.120. The molecule has 0 saturated heterocycles. The number of carbonyl (C=O) groups is 1. The molecular formula is C16H29NO3. The van der Waals surface area contributed by atoms with Crippen molar-refractivity contribution in [2.24, 2.45) is 17.6 Å². The smallest absolute Gasteiger partial charge is 0.326 e. The van der Waals surface area contributed by atoms with E-state index in [-0.39, 0.29) is 12.1 Å². The van der Waals surface area contributed by atoms with Crippen LogP contribution in [0, 0.1) is 11.8 Å². The SMILES string of the molecule is CCOC(=O)C1(N)CCC(OC2CCC(C)C(C)C2)C1. The lowest BCUT2D eigenvalue weighted by atomic mass is 9.80. The van der Waals surface area contributed by atoms with E-state index < -0.39 is 5.54 Å². The van der Waals surface area contributed by atoms with Crippen molar-refractivity contribution in [3.05, 3.63) is 0 Å². The summed E-state index contributed by atoms with van der Waals surface area (Å²) in [5.41, 5.74) is 5.35. The maximum absolute atomic E-state index is 11.9. The topological polar surface area (TPSA) is 61.5 Å². The number of nitrogens with two attached hydrogens (primary N) is 1. The van der Waals surface area contributed by atoms with Gasteiger partial charge < -0.3 is 15.2 Å². The largest absolute Gasteiger partial charge is 0.465 e. The van der Waals surface area contributed by atoms with E-state index in [0.717, 1.165) is 31.1 Å². The van der Waals surface area contributed by atoms with Gasteiger partial charge in [0.2, 0.25) is 0 Å². The van der Waals surface area contributed by atoms with Crippen LogP contribution in [-0.4, -0.2) is 30.3 Å². The molecule has 2 rings (SSSR count). The van der Waals surface area contributed by atoms with E-state index in [1.54, 1.807) is 0 Å². The minimum atomic E-state index is -0.825. The van der Waals surface area contributed by atoms with Gasteiger partial charge in [-0.15, -0.1) is 0 Å². The van der Waals surface area contributed by atoms with Crippen LogP contribution in [0.3, 0.4) is 0 Å². The lowest BCUT2D eigenvalue weighted by Crippen LogP contribution is -2.47. The van der Waals surface area contributed by atoms with E-state index in [0.29, 0.717) is 25.6 Å². The summed E-state index contributed by atoms with van der Waals surface area (Å²) >= 11 is 0. The summed E-state index contributed by atoms with van der Waals surface area (Å²) < 4.78 is 11.3. The molecule has 2 aliphatic rings. The summed E-state index contributed by atoms with van der Waals surface area (Å²) in [6.07, 6.45) is 6.13. The van der Waals surface area contributed by atoms with E-state index >= 15 is 0 Å². The molecule has 0 radical (unpaired) electrons. The standard InChI is InChI=1S/C16H29NO3/c1-4-19-15(18)16(17)8-7-14(10-16)20-13-6-5-11(2)12(3)9-13/h11-14H,4-10,17H2,1-3H3. The fourth-order valence-corrected chi connectivity index (χ4v) is 3.50. The quantitative estimate of drug-likeness (QED) is 0.806. The van der Waals surface area contributed by atoms with Gasteiger partial charge >= 0.3 is 5.97 Å². The fraction of sp³-hybridized carbons (Fsp3) is 0.938. The molecule has 0 aromatic carbocycles. The Balaban J connectivity index is 1.83. The first-order chi connectivity index (χ1) is 9.44. The molecule has 5 unspecified atom stereocenters. The Kier molecular flexibility index (Phi) is 5.08. The maximum atomic E-state index is 11.9. The summed E-state index contributed by atoms with van der Waals surface area (Å²) in [6, 6.07) is 0. The van der Waals surface area contributed by atoms with Crippen LogP contribution in [0.5, 0.6) is 0 Å². The van der Waals surface area contributed by atoms with Gasteiger partial charge in [0.05, 0.1) is 18.8 Å². The molecule has 2 aliphatic carbocycles. The number of carbonyl (C=O) groups excluding carboxylic acids is 1. The summed E-state index contributed by atoms with van der Waals surface area (Å²) in [5, 5.41) is 0. The zero-order valence-corrected chi connectivity index (χ0v) is 13.1. The Bertz CT molecular complexity index is 347. The lowest BCUT2D eigenvalue weighted by molar-refractivity contribution is -0.150. The normalized spacial score (nSPS) is 41.6. The second-order valence-electron chi connectivity index (χ2n) is 6.77. The Morgan fingerprint density at radius 1 is 1.20 bits per heavy atom. The van der Waals surface area contributed by atoms with Crippen LogP contribution in [0.4, 0.5) is 0 Å². The van der Waals surface area contributed by atoms with Crippen LogP contribution in [0.15, 0.2) is 0 Å². The van der Waals surface area contributed by atoms with E-state index in [9.17, 15) is 4.79 Å². The number of ether oxygens (including phenoxy) is 2. The fourth-order valence-electron chi connectivity index (χ4n) is 3.50. The molecule has 4 heteroatoms. The molecule has 0 aromatic rings. The van der Waals surface area contributed by atoms with E-state index in [1.807, 2.05) is 6.92 Å². The number of rotatable bonds is 4. The van der Waals surface area contributed by atoms with Crippen LogP contribution in [0.25, 0.3) is 0 Å². The Hall–Kier alpha value is -0.610. The van der Waals surface area contributed by atoms with Gasteiger partial charge in [0.1, 0.15) is 5.54 Å². The van der Waals surface area contributed by atoms with E-state index in [1.165, 1.54) is 6.42 Å². The van der Waals surface area contributed by atoms with Crippen LogP contribution in [0.1, 0.15) is 59.3 Å². The van der Waals surface area contributed by atoms with Crippen molar-refractivity contribution in [2.75, 3.05) is 6.61 Å². The van der Waals surface area contributed by atoms with Crippen molar-refractivity contribution >= 4 is 5.97 Å². The zero-order valence-electron chi connectivity index (χ0n) is 13.1. The van der Waals surface area contributed by atoms with Gasteiger partial charge in [-0.25, -0.2) is 0 Å². The summed E-state index contributed by atoms with van der Waals surface area (Å²) in [6.45, 7) is 6.83. The lowest BCUT2D eigenvalue weighted by Gasteiger charge is -2.33. The monoisotopic (exact) mass is 283 g/mol. The van der Waals surface area contributed by atoms with Crippen LogP contribution in [0.2, 0.25) is 0 Å². The van der Waals surface area contributed by atoms with Crippen LogP contribution < -0.4 is 5.73 Å². The second-order valence-corrected chi connectivity index (χ2v) is 6.77. The Labute approximate surface area is 122 Å². The highest BCUT2D eigenvalue weighted by Crippen LogP contribution is 2.36. The molecule has 4 nitrogen and oxygen atoms in total. The van der Waals surface area contributed by atoms with Gasteiger partial charge in [0.15, 0.2) is 0 Å². The molecule has 20 heavy (non-hydrogen) atoms. The molecule has 0 spiro atoms. The summed E-state index contributed by atoms with van der Waals surface area (Å²) in [7, 11) is 0. The van der Waals surface area contributed by atoms with Crippen molar-refractivity contribution in [1.82, 2.24) is 0 Å². The first kappa shape index (κ1) is 15.8. The van der Waals surface area contributed by atoms with Gasteiger partial charge in [-0.1, -0.05) is 13.8 Å². The first-order valence-corrected chi connectivity index (χ1v) is 8.06. The van der Waals surface area contributed by atoms with E-state index in [2.05, 4.69) is 13.8 Å². The zero-order chi connectivity index (χ0) is 14.8. The van der Waals surface area contributed by atoms with Gasteiger partial charge in [0.25, 0.3) is 0 Å². The Morgan fingerprint density at radius 2 is 1.95 bits per heavy atom. The molecule has 0 amide bonds. The van der Waals surface area contributed by atoms with Crippen LogP contribution in [-0.2, 0) is 14.3 Å². The molecule has 116 valence electrons. The van der Waals surface area contributed by atoms with E-state index in [4.69, 9.17) is 15.2 Å². The van der Waals surface area contributed by atoms with Gasteiger partial charge in [-0.3, -0.25) is 4.79 Å². The third-order valence-corrected chi connectivity index (χ3v) is 5.12. The van der Waals surface area contributed by atoms with Crippen molar-refractivity contribution < 1.29 is 14.3 Å². The molecule has 0 aromatic heterocycles. The Morgan fingerprint density at radius 3 is 2.60 bits per heavy atom. The van der Waals surface area contributed by atoms with Crippen molar-refractivity contribution in [3.8, 4) is 0 Å². The molecular weight excluding hydrogens is 254 g/mol. The van der Waals surface area contributed by atoms with Crippen molar-refractivity contribution in [3.63, 3.8) is 0 Å². The van der Waals surface area contributed by atoms with Gasteiger partial charge in [0, 0.05) is 6.42 Å². The number of esters is 1. The highest BCUT2D eigenvalue weighted by molar-refractivity contribution is 5.81. The molecule has 2 fully saturated rings. The van der Waals surface area contributed by atoms with Crippen molar-refractivity contribution in [2.45, 2.75) is 77.0 Å². The van der Waals surface area contributed by atoms with Crippen molar-refractivity contribution in [1.29, 1.82) is 0 Å². The molecule has 0 heterocycles. The third-order valence-electron chi connectivity index (χ3n) is 5.12. The average molecular weight is 283 g/mol. The molecule has 2 saturated carbocycles. The van der Waals surface area contributed by atoms with Gasteiger partial charge in [-0.2, -0.15) is 0 Å². The average Bonchev–Trinajstić information content (AvgIpc) is 2.77. The van der Waals surface area contributed by atoms with Crippen LogP contribution >= 0.6 is 0 Å². The van der Waals surface area contributed by atoms with Gasteiger partial charge in [-0.05, 0) is 50.9 Å². The third kappa shape index (κ3) is 3.53. The number of hydrogen-bond donors (Lipinski definition) is 1. The molecule has 5 atom stereocenters. The highest BCUT2D eigenvalue weighted by Gasteiger charge is 2.44. The highest BCUT2D eigenvalue weighted by atomic mass is 16.5. The predicted octanol–water partition coefficient (Wildman–Crippen LogP) is 2.64. The number of hydrogen-bond acceptors (Lipinski definition) is 4. The maximum Gasteiger partial charge on any atom is 0.326 e. The summed E-state index contributed by atoms with van der Waals surface area (Å²) in [5.74, 6) is 1.26. The molecule has 2 N–H and O–H groups in total. The minimum Gasteiger partial charge on any atom is -0.465 e. The summed E-state index contributed by atoms with van der Waals surface area (Å²) in [4.78, 5) is 11.9. The molecule has 0 aliphatic heterocycles. The second kappa shape index (κ2) is 6.44. The predicted molar refractivity (Wildman–Crippen MR) is 78.2 cm³/mol. The molecule has 0 bridgehead atoms.